The Morgan fingerprint density at radius 2 is 1.69 bits per heavy atom. The van der Waals surface area contributed by atoms with Gasteiger partial charge in [-0.2, -0.15) is 0 Å². The zero-order chi connectivity index (χ0) is 18.7. The smallest absolute Gasteiger partial charge is 0.408 e. The summed E-state index contributed by atoms with van der Waals surface area (Å²) < 4.78 is 10.9. The second kappa shape index (κ2) is 7.23. The maximum Gasteiger partial charge on any atom is 0.408 e. The first-order chi connectivity index (χ1) is 12.5. The molecular weight excluding hydrogens is 326 g/mol. The molecule has 0 aromatic heterocycles. The van der Waals surface area contributed by atoms with Crippen LogP contribution in [-0.2, 0) is 9.47 Å². The van der Waals surface area contributed by atoms with E-state index >= 15 is 0 Å². The van der Waals surface area contributed by atoms with E-state index in [0.29, 0.717) is 0 Å². The highest BCUT2D eigenvalue weighted by molar-refractivity contribution is 5.79. The number of fused-ring (bicyclic) bond motifs is 3. The number of terminal acetylenes is 1. The molecule has 0 bridgehead atoms. The van der Waals surface area contributed by atoms with Gasteiger partial charge < -0.3 is 14.8 Å². The van der Waals surface area contributed by atoms with Gasteiger partial charge in [-0.25, -0.2) is 4.79 Å². The van der Waals surface area contributed by atoms with Crippen molar-refractivity contribution in [3.05, 3.63) is 59.7 Å². The molecule has 2 aromatic carbocycles. The van der Waals surface area contributed by atoms with Gasteiger partial charge in [0.05, 0.1) is 5.60 Å². The fraction of sp³-hybridized carbons (Fsp3) is 0.318. The lowest BCUT2D eigenvalue weighted by atomic mass is 9.98. The van der Waals surface area contributed by atoms with E-state index in [4.69, 9.17) is 15.9 Å². The summed E-state index contributed by atoms with van der Waals surface area (Å²) in [6.07, 6.45) is 4.99. The molecule has 1 aliphatic carbocycles. The molecule has 134 valence electrons. The third-order valence-electron chi connectivity index (χ3n) is 4.99. The molecular formula is C22H23NO3. The van der Waals surface area contributed by atoms with E-state index in [1.54, 1.807) is 7.11 Å². The first kappa shape index (κ1) is 18.0. The number of nitrogens with one attached hydrogen (secondary N) is 1. The second-order valence-corrected chi connectivity index (χ2v) is 6.88. The molecule has 0 saturated carbocycles. The molecule has 3 rings (SSSR count). The van der Waals surface area contributed by atoms with E-state index < -0.39 is 17.7 Å². The molecule has 1 aliphatic rings. The van der Waals surface area contributed by atoms with Gasteiger partial charge in [0.2, 0.25) is 0 Å². The van der Waals surface area contributed by atoms with Crippen LogP contribution >= 0.6 is 0 Å². The summed E-state index contributed by atoms with van der Waals surface area (Å²) in [4.78, 5) is 12.3. The van der Waals surface area contributed by atoms with E-state index in [1.807, 2.05) is 38.1 Å². The summed E-state index contributed by atoms with van der Waals surface area (Å²) in [7, 11) is 1.56. The lowest BCUT2D eigenvalue weighted by Gasteiger charge is -2.29. The Kier molecular flexibility index (Phi) is 5.01. The standard InChI is InChI=1S/C22H23NO3/c1-5-20(22(2,3)25-4)23-21(24)26-14-19-17-12-8-6-10-15(17)16-11-7-9-13-18(16)19/h1,6-13,19-20H,14H2,2-4H3,(H,23,24). The maximum absolute atomic E-state index is 12.3. The van der Waals surface area contributed by atoms with Gasteiger partial charge in [-0.3, -0.25) is 0 Å². The van der Waals surface area contributed by atoms with Crippen molar-refractivity contribution >= 4 is 6.09 Å². The van der Waals surface area contributed by atoms with E-state index in [9.17, 15) is 4.79 Å². The lowest BCUT2D eigenvalue weighted by molar-refractivity contribution is 0.00471. The fourth-order valence-corrected chi connectivity index (χ4v) is 3.29. The number of hydrogen-bond acceptors (Lipinski definition) is 3. The molecule has 0 saturated heterocycles. The van der Waals surface area contributed by atoms with Gasteiger partial charge >= 0.3 is 6.09 Å². The van der Waals surface area contributed by atoms with Crippen LogP contribution < -0.4 is 5.32 Å². The number of carbonyl (C=O) groups excluding carboxylic acids is 1. The minimum Gasteiger partial charge on any atom is -0.449 e. The SMILES string of the molecule is C#CC(NC(=O)OCC1c2ccccc2-c2ccccc21)C(C)(C)OC. The fourth-order valence-electron chi connectivity index (χ4n) is 3.29. The number of amides is 1. The first-order valence-electron chi connectivity index (χ1n) is 8.60. The van der Waals surface area contributed by atoms with Gasteiger partial charge in [0.15, 0.2) is 0 Å². The van der Waals surface area contributed by atoms with Crippen LogP contribution in [0.3, 0.4) is 0 Å². The molecule has 0 radical (unpaired) electrons. The highest BCUT2D eigenvalue weighted by Crippen LogP contribution is 2.44. The molecule has 4 nitrogen and oxygen atoms in total. The van der Waals surface area contributed by atoms with Crippen LogP contribution in [0.1, 0.15) is 30.9 Å². The van der Waals surface area contributed by atoms with Crippen molar-refractivity contribution in [3.8, 4) is 23.5 Å². The molecule has 26 heavy (non-hydrogen) atoms. The Labute approximate surface area is 154 Å². The number of rotatable bonds is 5. The summed E-state index contributed by atoms with van der Waals surface area (Å²) in [6, 6.07) is 15.8. The van der Waals surface area contributed by atoms with E-state index in [0.717, 1.165) is 0 Å². The maximum atomic E-state index is 12.3. The molecule has 0 fully saturated rings. The molecule has 1 atom stereocenters. The van der Waals surface area contributed by atoms with Gasteiger partial charge in [0.25, 0.3) is 0 Å². The Bertz CT molecular complexity index is 805. The predicted octanol–water partition coefficient (Wildman–Crippen LogP) is 3.95. The summed E-state index contributed by atoms with van der Waals surface area (Å²) >= 11 is 0. The second-order valence-electron chi connectivity index (χ2n) is 6.88. The van der Waals surface area contributed by atoms with Crippen molar-refractivity contribution in [1.29, 1.82) is 0 Å². The minimum absolute atomic E-state index is 0.0212. The van der Waals surface area contributed by atoms with Gasteiger partial charge in [0.1, 0.15) is 12.6 Å². The van der Waals surface area contributed by atoms with Crippen LogP contribution in [-0.4, -0.2) is 31.5 Å². The number of hydrogen-bond donors (Lipinski definition) is 1. The number of alkyl carbamates (subject to hydrolysis) is 1. The van der Waals surface area contributed by atoms with Crippen molar-refractivity contribution in [2.75, 3.05) is 13.7 Å². The highest BCUT2D eigenvalue weighted by atomic mass is 16.5. The van der Waals surface area contributed by atoms with Crippen LogP contribution in [0.25, 0.3) is 11.1 Å². The van der Waals surface area contributed by atoms with E-state index in [2.05, 4.69) is 35.5 Å². The molecule has 2 aromatic rings. The zero-order valence-electron chi connectivity index (χ0n) is 15.3. The van der Waals surface area contributed by atoms with E-state index in [-0.39, 0.29) is 12.5 Å². The number of benzene rings is 2. The lowest BCUT2D eigenvalue weighted by Crippen LogP contribution is -2.49. The number of carbonyl (C=O) groups is 1. The van der Waals surface area contributed by atoms with Gasteiger partial charge in [-0.1, -0.05) is 54.5 Å². The quantitative estimate of drug-likeness (QED) is 0.832. The Balaban J connectivity index is 1.72. The predicted molar refractivity (Wildman–Crippen MR) is 102 cm³/mol. The van der Waals surface area contributed by atoms with Crippen molar-refractivity contribution in [3.63, 3.8) is 0 Å². The van der Waals surface area contributed by atoms with Gasteiger partial charge in [0, 0.05) is 13.0 Å². The Hall–Kier alpha value is -2.77. The van der Waals surface area contributed by atoms with Crippen LogP contribution in [0.4, 0.5) is 4.79 Å². The Morgan fingerprint density at radius 3 is 2.19 bits per heavy atom. The topological polar surface area (TPSA) is 47.6 Å². The van der Waals surface area contributed by atoms with Crippen molar-refractivity contribution in [2.45, 2.75) is 31.4 Å². The summed E-state index contributed by atoms with van der Waals surface area (Å²) in [6.45, 7) is 3.90. The normalized spacial score (nSPS) is 14.1. The van der Waals surface area contributed by atoms with E-state index in [1.165, 1.54) is 22.3 Å². The largest absolute Gasteiger partial charge is 0.449 e. The first-order valence-corrected chi connectivity index (χ1v) is 8.60. The molecule has 0 heterocycles. The molecule has 1 N–H and O–H groups in total. The molecule has 4 heteroatoms. The number of methoxy groups -OCH3 is 1. The highest BCUT2D eigenvalue weighted by Gasteiger charge is 2.31. The van der Waals surface area contributed by atoms with Crippen molar-refractivity contribution in [1.82, 2.24) is 5.32 Å². The summed E-state index contributed by atoms with van der Waals surface area (Å²) in [5.41, 5.74) is 4.05. The average molecular weight is 349 g/mol. The van der Waals surface area contributed by atoms with Crippen LogP contribution in [0, 0.1) is 12.3 Å². The van der Waals surface area contributed by atoms with Crippen molar-refractivity contribution in [2.24, 2.45) is 0 Å². The van der Waals surface area contributed by atoms with Crippen LogP contribution in [0.5, 0.6) is 0 Å². The molecule has 0 spiro atoms. The molecule has 0 aliphatic heterocycles. The van der Waals surface area contributed by atoms with Crippen LogP contribution in [0.15, 0.2) is 48.5 Å². The molecule has 1 amide bonds. The minimum atomic E-state index is -0.680. The van der Waals surface area contributed by atoms with Gasteiger partial charge in [-0.05, 0) is 36.1 Å². The summed E-state index contributed by atoms with van der Waals surface area (Å²) in [5, 5.41) is 2.71. The Morgan fingerprint density at radius 1 is 1.15 bits per heavy atom. The zero-order valence-corrected chi connectivity index (χ0v) is 15.3. The third-order valence-corrected chi connectivity index (χ3v) is 4.99. The number of ether oxygens (including phenoxy) is 2. The van der Waals surface area contributed by atoms with Gasteiger partial charge in [-0.15, -0.1) is 6.42 Å². The van der Waals surface area contributed by atoms with Crippen molar-refractivity contribution < 1.29 is 14.3 Å². The van der Waals surface area contributed by atoms with Crippen LogP contribution in [0.2, 0.25) is 0 Å². The molecule has 1 unspecified atom stereocenters. The summed E-state index contributed by atoms with van der Waals surface area (Å²) in [5.74, 6) is 2.57. The average Bonchev–Trinajstić information content (AvgIpc) is 2.98. The third kappa shape index (κ3) is 3.31. The monoisotopic (exact) mass is 349 g/mol.